The molecule has 154 valence electrons. The van der Waals surface area contributed by atoms with Crippen molar-refractivity contribution in [2.45, 2.75) is 4.90 Å². The molecule has 0 radical (unpaired) electrons. The summed E-state index contributed by atoms with van der Waals surface area (Å²) in [6.07, 6.45) is 0.992. The van der Waals surface area contributed by atoms with E-state index in [0.29, 0.717) is 32.0 Å². The van der Waals surface area contributed by atoms with Crippen molar-refractivity contribution in [3.8, 4) is 0 Å². The molecule has 1 fully saturated rings. The number of hydroxylamine groups is 1. The number of amides is 1. The molecule has 0 bridgehead atoms. The first-order valence-corrected chi connectivity index (χ1v) is 9.77. The fourth-order valence-electron chi connectivity index (χ4n) is 3.35. The monoisotopic (exact) mass is 414 g/mol. The van der Waals surface area contributed by atoms with Gasteiger partial charge in [-0.1, -0.05) is 17.2 Å². The average Bonchev–Trinajstić information content (AvgIpc) is 2.65. The molecule has 3 aliphatic rings. The molecular formula is C16H22N4O7S. The largest absolute Gasteiger partial charge is 0.598 e. The van der Waals surface area contributed by atoms with Crippen LogP contribution in [-0.2, 0) is 19.4 Å². The maximum Gasteiger partial charge on any atom is 0.388 e. The van der Waals surface area contributed by atoms with Crippen molar-refractivity contribution in [1.82, 2.24) is 4.90 Å². The minimum absolute atomic E-state index is 0. The highest BCUT2D eigenvalue weighted by Gasteiger charge is 2.43. The quantitative estimate of drug-likeness (QED) is 0.516. The Kier molecular flexibility index (Phi) is 6.67. The van der Waals surface area contributed by atoms with Gasteiger partial charge in [0.2, 0.25) is 9.84 Å². The first-order valence-electron chi connectivity index (χ1n) is 8.29. The van der Waals surface area contributed by atoms with Gasteiger partial charge in [-0.25, -0.2) is 13.2 Å². The highest BCUT2D eigenvalue weighted by molar-refractivity contribution is 7.96. The van der Waals surface area contributed by atoms with Crippen LogP contribution in [0.3, 0.4) is 0 Å². The Labute approximate surface area is 161 Å². The number of fused-ring (bicyclic) bond motifs is 1. The summed E-state index contributed by atoms with van der Waals surface area (Å²) in [5.74, 6) is -0.887. The zero-order valence-electron chi connectivity index (χ0n) is 14.9. The number of benzene rings is 1. The number of anilines is 1. The minimum atomic E-state index is -3.89. The second-order valence-corrected chi connectivity index (χ2v) is 8.07. The standard InChI is InChI=1S/C16H18N4O5S.2H2O/c21-16-15-14(11-17-20(16)22)26(23,24)13-4-2-1-3-12(13)19(15)6-5-18-7-9-25-10-8-18;;/h1-4,11,20H,5-10H2;2*1H2. The van der Waals surface area contributed by atoms with E-state index in [1.54, 1.807) is 23.1 Å². The van der Waals surface area contributed by atoms with Gasteiger partial charge < -0.3 is 25.8 Å². The Hall–Kier alpha value is -2.19. The summed E-state index contributed by atoms with van der Waals surface area (Å²) in [7, 11) is -3.89. The summed E-state index contributed by atoms with van der Waals surface area (Å²) < 4.78 is 31.1. The van der Waals surface area contributed by atoms with Gasteiger partial charge in [0.05, 0.1) is 23.8 Å². The van der Waals surface area contributed by atoms with Crippen LogP contribution in [0.15, 0.2) is 44.9 Å². The summed E-state index contributed by atoms with van der Waals surface area (Å²) in [5, 5.41) is 14.3. The molecule has 1 aromatic rings. The van der Waals surface area contributed by atoms with Crippen molar-refractivity contribution in [2.24, 2.45) is 5.10 Å². The van der Waals surface area contributed by atoms with E-state index >= 15 is 0 Å². The summed E-state index contributed by atoms with van der Waals surface area (Å²) in [6, 6.07) is 6.50. The number of para-hydroxylation sites is 1. The topological polar surface area (TPSA) is 170 Å². The molecule has 0 spiro atoms. The number of nitrogens with one attached hydrogen (secondary N) is 1. The number of carbonyl (C=O) groups excluding carboxylic acids is 1. The molecule has 3 aliphatic heterocycles. The number of hydrogen-bond donors (Lipinski definition) is 1. The number of morpholine rings is 1. The molecule has 1 unspecified atom stereocenters. The number of ether oxygens (including phenoxy) is 1. The first-order chi connectivity index (χ1) is 12.5. The van der Waals surface area contributed by atoms with Gasteiger partial charge in [0.15, 0.2) is 5.70 Å². The van der Waals surface area contributed by atoms with Gasteiger partial charge in [-0.3, -0.25) is 4.90 Å². The lowest BCUT2D eigenvalue weighted by Crippen LogP contribution is -3.06. The van der Waals surface area contributed by atoms with Crippen molar-refractivity contribution >= 4 is 27.6 Å². The maximum absolute atomic E-state index is 12.9. The first kappa shape index (κ1) is 22.1. The normalized spacial score (nSPS) is 23.4. The van der Waals surface area contributed by atoms with E-state index in [-0.39, 0.29) is 26.5 Å². The molecular weight excluding hydrogens is 392 g/mol. The Morgan fingerprint density at radius 2 is 1.82 bits per heavy atom. The lowest BCUT2D eigenvalue weighted by Gasteiger charge is -2.36. The van der Waals surface area contributed by atoms with Gasteiger partial charge in [-0.15, -0.1) is 0 Å². The van der Waals surface area contributed by atoms with Gasteiger partial charge in [0, 0.05) is 26.2 Å². The second kappa shape index (κ2) is 8.45. The van der Waals surface area contributed by atoms with Crippen molar-refractivity contribution in [1.29, 1.82) is 0 Å². The lowest BCUT2D eigenvalue weighted by molar-refractivity contribution is -0.769. The molecule has 3 heterocycles. The number of nitrogens with zero attached hydrogens (tertiary/aromatic N) is 3. The summed E-state index contributed by atoms with van der Waals surface area (Å²) >= 11 is 0. The molecule has 0 saturated carbocycles. The molecule has 5 N–H and O–H groups in total. The van der Waals surface area contributed by atoms with Gasteiger partial charge in [-0.2, -0.15) is 5.17 Å². The van der Waals surface area contributed by atoms with Crippen LogP contribution in [0.4, 0.5) is 5.69 Å². The zero-order valence-corrected chi connectivity index (χ0v) is 15.7. The van der Waals surface area contributed by atoms with Crippen LogP contribution in [0.5, 0.6) is 0 Å². The molecule has 4 rings (SSSR count). The fraction of sp³-hybridized carbons (Fsp3) is 0.375. The van der Waals surface area contributed by atoms with Gasteiger partial charge >= 0.3 is 5.91 Å². The van der Waals surface area contributed by atoms with Crippen LogP contribution in [0.25, 0.3) is 0 Å². The average molecular weight is 414 g/mol. The number of hydrogen-bond acceptors (Lipinski definition) is 8. The molecule has 1 saturated heterocycles. The number of rotatable bonds is 3. The van der Waals surface area contributed by atoms with Crippen molar-refractivity contribution in [3.63, 3.8) is 0 Å². The molecule has 1 amide bonds. The van der Waals surface area contributed by atoms with Gasteiger partial charge in [0.1, 0.15) is 11.1 Å². The molecule has 0 aromatic heterocycles. The summed E-state index contributed by atoms with van der Waals surface area (Å²) in [5.41, 5.74) is 0.313. The van der Waals surface area contributed by atoms with Crippen molar-refractivity contribution in [3.05, 3.63) is 40.1 Å². The van der Waals surface area contributed by atoms with Crippen LogP contribution >= 0.6 is 0 Å². The zero-order chi connectivity index (χ0) is 18.3. The van der Waals surface area contributed by atoms with Crippen molar-refractivity contribution < 1.29 is 34.1 Å². The molecule has 28 heavy (non-hydrogen) atoms. The van der Waals surface area contributed by atoms with E-state index in [0.717, 1.165) is 19.3 Å². The molecule has 11 nitrogen and oxygen atoms in total. The van der Waals surface area contributed by atoms with Crippen LogP contribution in [0, 0.1) is 5.21 Å². The van der Waals surface area contributed by atoms with E-state index < -0.39 is 20.9 Å². The molecule has 1 atom stereocenters. The third-order valence-electron chi connectivity index (χ3n) is 4.69. The van der Waals surface area contributed by atoms with E-state index in [4.69, 9.17) is 4.74 Å². The van der Waals surface area contributed by atoms with Crippen molar-refractivity contribution in [2.75, 3.05) is 44.3 Å². The lowest BCUT2D eigenvalue weighted by atomic mass is 10.2. The number of carbonyl (C=O) groups is 1. The number of allylic oxidation sites excluding steroid dienone is 1. The molecule has 1 aromatic carbocycles. The molecule has 12 heteroatoms. The van der Waals surface area contributed by atoms with E-state index in [9.17, 15) is 18.4 Å². The SMILES string of the molecule is O.O.O=C1C2=C(C=N[NH+]1[O-])S(=O)(=O)c1ccccc1N2CCN1CCOCC1. The van der Waals surface area contributed by atoms with Crippen LogP contribution in [0.1, 0.15) is 0 Å². The predicted molar refractivity (Wildman–Crippen MR) is 100 cm³/mol. The van der Waals surface area contributed by atoms with E-state index in [1.165, 1.54) is 6.07 Å². The minimum Gasteiger partial charge on any atom is -0.598 e. The Balaban J connectivity index is 0.00000140. The van der Waals surface area contributed by atoms with Gasteiger partial charge in [0.25, 0.3) is 0 Å². The number of quaternary nitrogens is 1. The maximum atomic E-state index is 12.9. The Bertz CT molecular complexity index is 909. The Morgan fingerprint density at radius 1 is 1.14 bits per heavy atom. The van der Waals surface area contributed by atoms with E-state index in [1.807, 2.05) is 0 Å². The van der Waals surface area contributed by atoms with E-state index in [2.05, 4.69) is 10.0 Å². The van der Waals surface area contributed by atoms with Gasteiger partial charge in [-0.05, 0) is 12.1 Å². The smallest absolute Gasteiger partial charge is 0.388 e. The van der Waals surface area contributed by atoms with Crippen LogP contribution < -0.4 is 10.1 Å². The fourth-order valence-corrected chi connectivity index (χ4v) is 4.94. The second-order valence-electron chi connectivity index (χ2n) is 6.18. The van der Waals surface area contributed by atoms with Crippen LogP contribution in [0.2, 0.25) is 0 Å². The highest BCUT2D eigenvalue weighted by Crippen LogP contribution is 2.38. The third-order valence-corrected chi connectivity index (χ3v) is 6.49. The number of sulfone groups is 1. The van der Waals surface area contributed by atoms with Crippen LogP contribution in [-0.4, -0.2) is 75.8 Å². The highest BCUT2D eigenvalue weighted by atomic mass is 32.2. The predicted octanol–water partition coefficient (Wildman–Crippen LogP) is -2.92. The summed E-state index contributed by atoms with van der Waals surface area (Å²) in [6.45, 7) is 3.83. The Morgan fingerprint density at radius 3 is 2.54 bits per heavy atom. The molecule has 0 aliphatic carbocycles. The summed E-state index contributed by atoms with van der Waals surface area (Å²) in [4.78, 5) is 16.2. The third kappa shape index (κ3) is 3.58.